The Kier molecular flexibility index (Phi) is 3.43. The third-order valence-corrected chi connectivity index (χ3v) is 1.78. The lowest BCUT2D eigenvalue weighted by Gasteiger charge is -2.24. The summed E-state index contributed by atoms with van der Waals surface area (Å²) in [4.78, 5) is 11.0. The molecule has 0 saturated carbocycles. The molecule has 3 nitrogen and oxygen atoms in total. The third kappa shape index (κ3) is 3.32. The molecule has 0 aliphatic carbocycles. The van der Waals surface area contributed by atoms with Gasteiger partial charge < -0.3 is 9.47 Å². The number of ether oxygens (including phenoxy) is 2. The average Bonchev–Trinajstić information content (AvgIpc) is 2.02. The molecule has 0 saturated heterocycles. The van der Waals surface area contributed by atoms with Crippen LogP contribution in [0, 0.1) is 0 Å². The molecule has 0 amide bonds. The minimum Gasteiger partial charge on any atom is -0.497 e. The second kappa shape index (κ2) is 4.39. The van der Waals surface area contributed by atoms with Crippen molar-refractivity contribution in [2.24, 2.45) is 0 Å². The summed E-state index contributed by atoms with van der Waals surface area (Å²) >= 11 is 0. The lowest BCUT2D eigenvalue weighted by atomic mass is 10.1. The summed E-state index contributed by atoms with van der Waals surface area (Å²) < 4.78 is 35.0. The summed E-state index contributed by atoms with van der Waals surface area (Å²) in [7, 11) is 0. The Morgan fingerprint density at radius 3 is 3.00 bits per heavy atom. The van der Waals surface area contributed by atoms with Crippen LogP contribution in [-0.2, 0) is 14.3 Å². The quantitative estimate of drug-likeness (QED) is 0.661. The number of halogens is 2. The predicted octanol–water partition coefficient (Wildman–Crippen LogP) is 1.88. The standard InChI is InChI=1S/C9H12F2O3/c1-2-13-8(12)5-7-6-9(10,11)3-4-14-7/h3-4,7H,2,5-6H2,1H3. The smallest absolute Gasteiger partial charge is 0.309 e. The highest BCUT2D eigenvalue weighted by atomic mass is 19.3. The van der Waals surface area contributed by atoms with Gasteiger partial charge in [-0.05, 0) is 6.92 Å². The Balaban J connectivity index is 2.40. The number of allylic oxidation sites excluding steroid dienone is 1. The summed E-state index contributed by atoms with van der Waals surface area (Å²) in [5, 5.41) is 0. The van der Waals surface area contributed by atoms with E-state index in [2.05, 4.69) is 4.74 Å². The van der Waals surface area contributed by atoms with Crippen molar-refractivity contribution in [3.8, 4) is 0 Å². The Morgan fingerprint density at radius 1 is 1.71 bits per heavy atom. The molecular weight excluding hydrogens is 194 g/mol. The highest BCUT2D eigenvalue weighted by Crippen LogP contribution is 2.28. The lowest BCUT2D eigenvalue weighted by molar-refractivity contribution is -0.146. The monoisotopic (exact) mass is 206 g/mol. The number of esters is 1. The van der Waals surface area contributed by atoms with Crippen LogP contribution in [0.5, 0.6) is 0 Å². The summed E-state index contributed by atoms with van der Waals surface area (Å²) in [6, 6.07) is 0. The first-order valence-electron chi connectivity index (χ1n) is 4.40. The van der Waals surface area contributed by atoms with E-state index < -0.39 is 24.4 Å². The first kappa shape index (κ1) is 10.9. The van der Waals surface area contributed by atoms with Gasteiger partial charge in [-0.25, -0.2) is 8.78 Å². The van der Waals surface area contributed by atoms with E-state index in [1.165, 1.54) is 0 Å². The molecule has 5 heteroatoms. The second-order valence-corrected chi connectivity index (χ2v) is 3.04. The SMILES string of the molecule is CCOC(=O)CC1CC(F)(F)C=CO1. The zero-order valence-corrected chi connectivity index (χ0v) is 7.83. The van der Waals surface area contributed by atoms with E-state index in [-0.39, 0.29) is 13.0 Å². The molecule has 0 aromatic carbocycles. The molecule has 1 aliphatic heterocycles. The fraction of sp³-hybridized carbons (Fsp3) is 0.667. The van der Waals surface area contributed by atoms with Crippen LogP contribution < -0.4 is 0 Å². The van der Waals surface area contributed by atoms with Gasteiger partial charge in [-0.3, -0.25) is 4.79 Å². The van der Waals surface area contributed by atoms with E-state index in [9.17, 15) is 13.6 Å². The first-order valence-corrected chi connectivity index (χ1v) is 4.40. The van der Waals surface area contributed by atoms with Crippen LogP contribution in [0.15, 0.2) is 12.3 Å². The zero-order valence-electron chi connectivity index (χ0n) is 7.83. The van der Waals surface area contributed by atoms with E-state index in [0.29, 0.717) is 6.08 Å². The molecule has 0 bridgehead atoms. The van der Waals surface area contributed by atoms with Crippen molar-refractivity contribution in [1.29, 1.82) is 0 Å². The van der Waals surface area contributed by atoms with Crippen LogP contribution in [0.3, 0.4) is 0 Å². The first-order chi connectivity index (χ1) is 6.53. The van der Waals surface area contributed by atoms with Crippen molar-refractivity contribution < 1.29 is 23.0 Å². The molecular formula is C9H12F2O3. The fourth-order valence-electron chi connectivity index (χ4n) is 1.20. The maximum atomic E-state index is 12.8. The van der Waals surface area contributed by atoms with Crippen LogP contribution in [0.1, 0.15) is 19.8 Å². The molecule has 1 aliphatic rings. The average molecular weight is 206 g/mol. The van der Waals surface area contributed by atoms with Crippen molar-refractivity contribution in [2.45, 2.75) is 31.8 Å². The van der Waals surface area contributed by atoms with Crippen molar-refractivity contribution in [1.82, 2.24) is 0 Å². The van der Waals surface area contributed by atoms with Crippen LogP contribution in [0.2, 0.25) is 0 Å². The Morgan fingerprint density at radius 2 is 2.43 bits per heavy atom. The number of hydrogen-bond donors (Lipinski definition) is 0. The van der Waals surface area contributed by atoms with Crippen LogP contribution in [0.4, 0.5) is 8.78 Å². The van der Waals surface area contributed by atoms with Gasteiger partial charge in [0, 0.05) is 6.08 Å². The molecule has 1 atom stereocenters. The van der Waals surface area contributed by atoms with E-state index in [1.54, 1.807) is 6.92 Å². The van der Waals surface area contributed by atoms with E-state index in [1.807, 2.05) is 0 Å². The topological polar surface area (TPSA) is 35.5 Å². The minimum absolute atomic E-state index is 0.131. The second-order valence-electron chi connectivity index (χ2n) is 3.04. The summed E-state index contributed by atoms with van der Waals surface area (Å²) in [6.45, 7) is 1.91. The van der Waals surface area contributed by atoms with Gasteiger partial charge in [0.1, 0.15) is 6.10 Å². The third-order valence-electron chi connectivity index (χ3n) is 1.78. The largest absolute Gasteiger partial charge is 0.497 e. The number of hydrogen-bond acceptors (Lipinski definition) is 3. The molecule has 14 heavy (non-hydrogen) atoms. The van der Waals surface area contributed by atoms with E-state index >= 15 is 0 Å². The highest BCUT2D eigenvalue weighted by Gasteiger charge is 2.34. The van der Waals surface area contributed by atoms with Gasteiger partial charge in [0.25, 0.3) is 5.92 Å². The van der Waals surface area contributed by atoms with Crippen molar-refractivity contribution >= 4 is 5.97 Å². The summed E-state index contributed by atoms with van der Waals surface area (Å²) in [5.74, 6) is -3.39. The van der Waals surface area contributed by atoms with Crippen molar-refractivity contribution in [3.05, 3.63) is 12.3 Å². The maximum absolute atomic E-state index is 12.8. The normalized spacial score (nSPS) is 24.1. The van der Waals surface area contributed by atoms with Gasteiger partial charge in [0.05, 0.1) is 25.7 Å². The molecule has 1 heterocycles. The van der Waals surface area contributed by atoms with E-state index in [4.69, 9.17) is 4.74 Å². The predicted molar refractivity (Wildman–Crippen MR) is 44.8 cm³/mol. The van der Waals surface area contributed by atoms with Crippen LogP contribution >= 0.6 is 0 Å². The fourth-order valence-corrected chi connectivity index (χ4v) is 1.20. The molecule has 0 N–H and O–H groups in total. The van der Waals surface area contributed by atoms with Gasteiger partial charge in [-0.2, -0.15) is 0 Å². The van der Waals surface area contributed by atoms with Gasteiger partial charge in [-0.15, -0.1) is 0 Å². The van der Waals surface area contributed by atoms with Crippen molar-refractivity contribution in [3.63, 3.8) is 0 Å². The number of alkyl halides is 2. The maximum Gasteiger partial charge on any atom is 0.309 e. The summed E-state index contributed by atoms with van der Waals surface area (Å²) in [5.41, 5.74) is 0. The summed E-state index contributed by atoms with van der Waals surface area (Å²) in [6.07, 6.45) is 0.243. The molecule has 1 unspecified atom stereocenters. The molecule has 0 aromatic rings. The molecule has 1 rings (SSSR count). The number of rotatable bonds is 3. The highest BCUT2D eigenvalue weighted by molar-refractivity contribution is 5.70. The Labute approximate surface area is 80.7 Å². The van der Waals surface area contributed by atoms with E-state index in [0.717, 1.165) is 6.26 Å². The zero-order chi connectivity index (χ0) is 10.6. The molecule has 0 aromatic heterocycles. The van der Waals surface area contributed by atoms with Gasteiger partial charge in [-0.1, -0.05) is 0 Å². The Bertz CT molecular complexity index is 238. The lowest BCUT2D eigenvalue weighted by Crippen LogP contribution is -2.29. The van der Waals surface area contributed by atoms with Gasteiger partial charge >= 0.3 is 5.97 Å². The molecule has 0 spiro atoms. The molecule has 0 radical (unpaired) electrons. The molecule has 80 valence electrons. The van der Waals surface area contributed by atoms with Crippen LogP contribution in [0.25, 0.3) is 0 Å². The number of carbonyl (C=O) groups excluding carboxylic acids is 1. The van der Waals surface area contributed by atoms with Crippen molar-refractivity contribution in [2.75, 3.05) is 6.61 Å². The van der Waals surface area contributed by atoms with Crippen LogP contribution in [-0.4, -0.2) is 24.6 Å². The molecule has 0 fully saturated rings. The Hall–Kier alpha value is -1.13. The minimum atomic E-state index is -2.88. The number of carbonyl (C=O) groups is 1. The van der Waals surface area contributed by atoms with Gasteiger partial charge in [0.15, 0.2) is 0 Å². The van der Waals surface area contributed by atoms with Gasteiger partial charge in [0.2, 0.25) is 0 Å².